The van der Waals surface area contributed by atoms with Crippen LogP contribution in [0.4, 0.5) is 35.1 Å². The second kappa shape index (κ2) is 61.5. The minimum absolute atomic E-state index is 0.0992. The smallest absolute Gasteiger partial charge is 0.265 e. The summed E-state index contributed by atoms with van der Waals surface area (Å²) >= 11 is 37.5. The van der Waals surface area contributed by atoms with Gasteiger partial charge in [-0.2, -0.15) is 13.2 Å². The molecule has 0 saturated carbocycles. The Morgan fingerprint density at radius 3 is 1.17 bits per heavy atom. The lowest BCUT2D eigenvalue weighted by Crippen LogP contribution is -2.09. The second-order valence-electron chi connectivity index (χ2n) is 33.1. The van der Waals surface area contributed by atoms with Gasteiger partial charge in [0, 0.05) is 51.7 Å². The Bertz CT molecular complexity index is 4620. The van der Waals surface area contributed by atoms with Crippen molar-refractivity contribution in [2.75, 3.05) is 0 Å². The molecule has 3 aromatic heterocycles. The van der Waals surface area contributed by atoms with Gasteiger partial charge >= 0.3 is 6.18 Å². The van der Waals surface area contributed by atoms with Gasteiger partial charge in [-0.3, -0.25) is 15.0 Å². The van der Waals surface area contributed by atoms with Gasteiger partial charge in [-0.1, -0.05) is 363 Å². The zero-order valence-electron chi connectivity index (χ0n) is 77.3. The number of nitrogens with zero attached hydrogens (tertiary/aromatic N) is 3. The van der Waals surface area contributed by atoms with E-state index in [1.54, 1.807) is 62.5 Å². The highest BCUT2D eigenvalue weighted by atomic mass is 79.9. The summed E-state index contributed by atoms with van der Waals surface area (Å²) in [5.41, 5.74) is 13.7. The van der Waals surface area contributed by atoms with Crippen molar-refractivity contribution in [1.82, 2.24) is 15.0 Å². The molecule has 678 valence electrons. The number of aromatic nitrogens is 3. The molecule has 12 rings (SSSR count). The maximum Gasteiger partial charge on any atom is 0.416 e. The summed E-state index contributed by atoms with van der Waals surface area (Å²) in [4.78, 5) is 12.1. The first-order valence-electron chi connectivity index (χ1n) is 42.2. The van der Waals surface area contributed by atoms with Crippen LogP contribution in [0.2, 0.25) is 30.1 Å². The van der Waals surface area contributed by atoms with Gasteiger partial charge < -0.3 is 0 Å². The molecule has 3 nitrogen and oxygen atoms in total. The molecule has 0 atom stereocenters. The molecule has 3 heterocycles. The third-order valence-electron chi connectivity index (χ3n) is 18.6. The summed E-state index contributed by atoms with van der Waals surface area (Å²) in [5, 5.41) is 2.94. The summed E-state index contributed by atoms with van der Waals surface area (Å²) < 4.78 is 102. The SMILES string of the molecule is CC(C)c1cc(F)cc(Cl)c1.CC(C)c1ccc(Cl)c(F)c1.CC(C)c1ccc(Cl)cc1F.CC(C)c1ccc(F)c(Br)c1.CC(C)c1ccc(F)cc1Cl.CC(C)c1cccc(Cl)c1Cl.CC(C)c1ccccc1.CC(C)c1ccccc1C(F)(F)F.CC(C)c1ccccn1.CC(C)c1cccnc1.CC(C)c1ccncc1.Cc1cccc(C(C)C)c1. The molecule has 0 bridgehead atoms. The first-order valence-corrected chi connectivity index (χ1v) is 45.2. The Balaban J connectivity index is 0.000000683. The fraction of sp³-hybridized carbons (Fsp3) is 0.355. The van der Waals surface area contributed by atoms with Crippen molar-refractivity contribution in [2.24, 2.45) is 0 Å². The summed E-state index contributed by atoms with van der Waals surface area (Å²) in [5.74, 6) is 3.80. The maximum absolute atomic E-state index is 13.0. The number of halogens is 15. The van der Waals surface area contributed by atoms with Crippen LogP contribution in [-0.4, -0.2) is 15.0 Å². The van der Waals surface area contributed by atoms with Gasteiger partial charge in [0.2, 0.25) is 0 Å². The molecule has 0 aliphatic carbocycles. The maximum atomic E-state index is 13.0. The van der Waals surface area contributed by atoms with E-state index in [1.807, 2.05) is 153 Å². The van der Waals surface area contributed by atoms with E-state index in [9.17, 15) is 35.1 Å². The highest BCUT2D eigenvalue weighted by molar-refractivity contribution is 9.10. The first kappa shape index (κ1) is 115. The normalized spacial score (nSPS) is 10.6. The molecule has 0 spiro atoms. The highest BCUT2D eigenvalue weighted by Crippen LogP contribution is 2.36. The molecule has 0 N–H and O–H groups in total. The van der Waals surface area contributed by atoms with Crippen LogP contribution in [0.5, 0.6) is 0 Å². The lowest BCUT2D eigenvalue weighted by atomic mass is 9.97. The van der Waals surface area contributed by atoms with Crippen molar-refractivity contribution in [2.45, 2.75) is 250 Å². The van der Waals surface area contributed by atoms with Crippen molar-refractivity contribution >= 4 is 85.5 Å². The van der Waals surface area contributed by atoms with E-state index in [0.29, 0.717) is 94.3 Å². The van der Waals surface area contributed by atoms with E-state index in [2.05, 4.69) is 189 Å². The summed E-state index contributed by atoms with van der Waals surface area (Å²) in [6, 6.07) is 68.7. The quantitative estimate of drug-likeness (QED) is 0.114. The van der Waals surface area contributed by atoms with Crippen LogP contribution in [0, 0.1) is 36.0 Å². The van der Waals surface area contributed by atoms with Crippen molar-refractivity contribution in [3.05, 3.63) is 403 Å². The zero-order valence-corrected chi connectivity index (χ0v) is 83.4. The van der Waals surface area contributed by atoms with Gasteiger partial charge in [0.15, 0.2) is 0 Å². The van der Waals surface area contributed by atoms with E-state index >= 15 is 0 Å². The molecule has 12 aromatic rings. The fourth-order valence-corrected chi connectivity index (χ4v) is 12.7. The molecule has 9 aromatic carbocycles. The molecule has 18 heteroatoms. The highest BCUT2D eigenvalue weighted by Gasteiger charge is 2.33. The molecular weight excluding hydrogens is 1770 g/mol. The van der Waals surface area contributed by atoms with Gasteiger partial charge in [0.1, 0.15) is 29.1 Å². The second-order valence-corrected chi connectivity index (χ2v) is 36.4. The van der Waals surface area contributed by atoms with Crippen molar-refractivity contribution in [1.29, 1.82) is 0 Å². The van der Waals surface area contributed by atoms with Gasteiger partial charge in [-0.25, -0.2) is 22.0 Å². The lowest BCUT2D eigenvalue weighted by Gasteiger charge is -2.14. The van der Waals surface area contributed by atoms with Crippen LogP contribution in [-0.2, 0) is 6.18 Å². The molecule has 0 saturated heterocycles. The van der Waals surface area contributed by atoms with Crippen molar-refractivity contribution in [3.8, 4) is 0 Å². The van der Waals surface area contributed by atoms with E-state index in [1.165, 1.54) is 82.4 Å². The van der Waals surface area contributed by atoms with Crippen molar-refractivity contribution < 1.29 is 35.1 Å². The Hall–Kier alpha value is -7.91. The largest absolute Gasteiger partial charge is 0.416 e. The van der Waals surface area contributed by atoms with Crippen molar-refractivity contribution in [3.63, 3.8) is 0 Å². The number of pyridine rings is 3. The number of hydrogen-bond donors (Lipinski definition) is 0. The topological polar surface area (TPSA) is 38.7 Å². The van der Waals surface area contributed by atoms with Crippen LogP contribution >= 0.6 is 85.5 Å². The Morgan fingerprint density at radius 1 is 0.280 bits per heavy atom. The monoisotopic (exact) mass is 1900 g/mol. The molecule has 125 heavy (non-hydrogen) atoms. The standard InChI is InChI=1S/C10H11F3.C10H14.C9H10BrF.C9H10Cl2.4C9H10ClF.C9H12.3C8H11N/c1-7(2)8-5-3-4-6-9(8)10(11,12)13;1-8(2)10-6-4-5-9(3)7-10;1-6(2)7-3-4-9(11)8(10)5-7;1-6(2)7-4-3-5-8(10)9(7)11;1-6(2)7-3-8(10)5-9(11)4-7;1-6(2)8-4-3-7(11)5-9(8)10;1-6(2)8-4-3-7(10)5-9(8)11;1-6(2)7-3-4-8(10)9(11)5-7;1-8(2)9-6-4-3-5-7-9;1-7(2)8-3-5-9-6-4-8;1-7(2)8-4-3-5-9-6-8;1-7(2)8-5-3-4-6-9-8/h3-7H,1-2H3;4-8H,1-3H3;6*3-6H,1-2H3;3-8H,1-2H3;3*3-7H,1-2H3. The average molecular weight is 1900 g/mol. The lowest BCUT2D eigenvalue weighted by molar-refractivity contribution is -0.138. The van der Waals surface area contributed by atoms with Crippen LogP contribution in [0.25, 0.3) is 0 Å². The predicted octanol–water partition coefficient (Wildman–Crippen LogP) is 38.6. The fourth-order valence-electron chi connectivity index (χ4n) is 10.9. The molecule has 0 fully saturated rings. The van der Waals surface area contributed by atoms with Crippen LogP contribution < -0.4 is 0 Å². The van der Waals surface area contributed by atoms with E-state index < -0.39 is 11.7 Å². The Labute approximate surface area is 783 Å². The number of hydrogen-bond acceptors (Lipinski definition) is 3. The Morgan fingerprint density at radius 2 is 0.760 bits per heavy atom. The van der Waals surface area contributed by atoms with Gasteiger partial charge in [-0.15, -0.1) is 0 Å². The van der Waals surface area contributed by atoms with E-state index in [-0.39, 0.29) is 45.9 Å². The molecule has 0 unspecified atom stereocenters. The number of aryl methyl sites for hydroxylation is 1. The zero-order chi connectivity index (χ0) is 95.0. The third kappa shape index (κ3) is 48.2. The predicted molar refractivity (Wildman–Crippen MR) is 527 cm³/mol. The summed E-state index contributed by atoms with van der Waals surface area (Å²) in [7, 11) is 0. The molecule has 0 aliphatic rings. The minimum Gasteiger partial charge on any atom is -0.265 e. The van der Waals surface area contributed by atoms with Crippen LogP contribution in [0.15, 0.2) is 266 Å². The molecular formula is C107H130BrCl6F8N3. The van der Waals surface area contributed by atoms with Gasteiger partial charge in [0.25, 0.3) is 0 Å². The first-order chi connectivity index (χ1) is 58.5. The number of benzene rings is 9. The number of rotatable bonds is 12. The summed E-state index contributed by atoms with van der Waals surface area (Å²) in [6.07, 6.45) is 4.96. The van der Waals surface area contributed by atoms with E-state index in [4.69, 9.17) is 69.6 Å². The third-order valence-corrected chi connectivity index (χ3v) is 21.1. The molecule has 0 radical (unpaired) electrons. The van der Waals surface area contributed by atoms with Gasteiger partial charge in [-0.05, 0) is 264 Å². The Kier molecular flexibility index (Phi) is 56.7. The van der Waals surface area contributed by atoms with Gasteiger partial charge in [0.05, 0.1) is 25.1 Å². The molecule has 0 aliphatic heterocycles. The molecule has 0 amide bonds. The minimum atomic E-state index is -4.24. The summed E-state index contributed by atoms with van der Waals surface area (Å²) in [6.45, 7) is 51.8. The van der Waals surface area contributed by atoms with Crippen LogP contribution in [0.1, 0.15) is 315 Å². The van der Waals surface area contributed by atoms with E-state index in [0.717, 1.165) is 45.1 Å². The number of alkyl halides is 3. The van der Waals surface area contributed by atoms with Crippen LogP contribution in [0.3, 0.4) is 0 Å². The average Bonchev–Trinajstić information content (AvgIpc) is 0.856.